The SMILES string of the molecule is N#Cc1cc(C#N)cc(-c2ccc3c(c2)c2cc(-c4cc(C#N)cc(C#N)c4)ccc2n3-c2ccccc2-c2cccc3cc4ccccc4cc23)c1. The van der Waals surface area contributed by atoms with Crippen LogP contribution in [0.15, 0.2) is 152 Å². The first-order valence-electron chi connectivity index (χ1n) is 17.1. The van der Waals surface area contributed by atoms with Gasteiger partial charge in [0.25, 0.3) is 0 Å². The van der Waals surface area contributed by atoms with E-state index in [1.165, 1.54) is 21.5 Å². The Balaban J connectivity index is 1.33. The molecule has 0 aliphatic heterocycles. The smallest absolute Gasteiger partial charge is 0.0992 e. The Morgan fingerprint density at radius 2 is 0.811 bits per heavy atom. The molecule has 0 unspecified atom stereocenters. The van der Waals surface area contributed by atoms with Gasteiger partial charge >= 0.3 is 0 Å². The first-order chi connectivity index (χ1) is 26.0. The van der Waals surface area contributed by atoms with E-state index in [0.717, 1.165) is 60.9 Å². The summed E-state index contributed by atoms with van der Waals surface area (Å²) < 4.78 is 2.30. The molecule has 0 fully saturated rings. The van der Waals surface area contributed by atoms with E-state index in [1.807, 2.05) is 36.4 Å². The molecule has 0 N–H and O–H groups in total. The quantitative estimate of drug-likeness (QED) is 0.174. The molecule has 0 amide bonds. The summed E-state index contributed by atoms with van der Waals surface area (Å²) in [4.78, 5) is 0. The molecule has 9 rings (SSSR count). The highest BCUT2D eigenvalue weighted by Crippen LogP contribution is 2.41. The van der Waals surface area contributed by atoms with Crippen molar-refractivity contribution in [3.63, 3.8) is 0 Å². The number of hydrogen-bond acceptors (Lipinski definition) is 4. The van der Waals surface area contributed by atoms with Crippen molar-refractivity contribution in [2.45, 2.75) is 0 Å². The molecule has 9 aromatic rings. The Bertz CT molecular complexity index is 2980. The van der Waals surface area contributed by atoms with Crippen molar-refractivity contribution in [2.75, 3.05) is 0 Å². The van der Waals surface area contributed by atoms with E-state index in [0.29, 0.717) is 22.3 Å². The van der Waals surface area contributed by atoms with E-state index in [1.54, 1.807) is 12.1 Å². The molecule has 53 heavy (non-hydrogen) atoms. The van der Waals surface area contributed by atoms with Gasteiger partial charge < -0.3 is 4.57 Å². The molecular formula is C48H25N5. The van der Waals surface area contributed by atoms with Gasteiger partial charge in [-0.1, -0.05) is 72.8 Å². The largest absolute Gasteiger partial charge is 0.309 e. The highest BCUT2D eigenvalue weighted by atomic mass is 15.0. The Morgan fingerprint density at radius 3 is 1.36 bits per heavy atom. The van der Waals surface area contributed by atoms with Crippen LogP contribution in [-0.2, 0) is 0 Å². The lowest BCUT2D eigenvalue weighted by molar-refractivity contribution is 1.18. The molecule has 242 valence electrons. The van der Waals surface area contributed by atoms with E-state index in [9.17, 15) is 21.0 Å². The summed E-state index contributed by atoms with van der Waals surface area (Å²) >= 11 is 0. The summed E-state index contributed by atoms with van der Waals surface area (Å²) in [7, 11) is 0. The number of aromatic nitrogens is 1. The van der Waals surface area contributed by atoms with Crippen LogP contribution in [0.25, 0.3) is 82.4 Å². The van der Waals surface area contributed by atoms with E-state index < -0.39 is 0 Å². The molecule has 0 saturated carbocycles. The average molecular weight is 672 g/mol. The van der Waals surface area contributed by atoms with Crippen molar-refractivity contribution >= 4 is 43.4 Å². The zero-order valence-corrected chi connectivity index (χ0v) is 28.2. The highest BCUT2D eigenvalue weighted by Gasteiger charge is 2.19. The van der Waals surface area contributed by atoms with Gasteiger partial charge in [0.15, 0.2) is 0 Å². The Kier molecular flexibility index (Phi) is 7.28. The minimum Gasteiger partial charge on any atom is -0.309 e. The molecule has 5 nitrogen and oxygen atoms in total. The lowest BCUT2D eigenvalue weighted by Gasteiger charge is -2.16. The van der Waals surface area contributed by atoms with Crippen LogP contribution in [0.5, 0.6) is 0 Å². The number of para-hydroxylation sites is 1. The molecule has 0 atom stereocenters. The highest BCUT2D eigenvalue weighted by molar-refractivity contribution is 6.13. The fraction of sp³-hybridized carbons (Fsp3) is 0. The van der Waals surface area contributed by atoms with Crippen molar-refractivity contribution in [3.8, 4) is 63.3 Å². The van der Waals surface area contributed by atoms with Crippen LogP contribution in [-0.4, -0.2) is 4.57 Å². The second kappa shape index (κ2) is 12.4. The van der Waals surface area contributed by atoms with Crippen molar-refractivity contribution < 1.29 is 0 Å². The van der Waals surface area contributed by atoms with Gasteiger partial charge in [-0.2, -0.15) is 21.0 Å². The second-order valence-electron chi connectivity index (χ2n) is 13.1. The van der Waals surface area contributed by atoms with Gasteiger partial charge in [-0.05, 0) is 128 Å². The van der Waals surface area contributed by atoms with Gasteiger partial charge in [-0.15, -0.1) is 0 Å². The monoisotopic (exact) mass is 671 g/mol. The number of rotatable bonds is 4. The zero-order valence-electron chi connectivity index (χ0n) is 28.2. The van der Waals surface area contributed by atoms with Crippen molar-refractivity contribution in [1.82, 2.24) is 4.57 Å². The van der Waals surface area contributed by atoms with Crippen molar-refractivity contribution in [3.05, 3.63) is 174 Å². The molecule has 0 bridgehead atoms. The van der Waals surface area contributed by atoms with Gasteiger partial charge in [0.1, 0.15) is 0 Å². The summed E-state index contributed by atoms with van der Waals surface area (Å²) in [6, 6.07) is 59.6. The molecule has 0 aliphatic carbocycles. The fourth-order valence-corrected chi connectivity index (χ4v) is 7.59. The number of hydrogen-bond donors (Lipinski definition) is 0. The Morgan fingerprint density at radius 1 is 0.340 bits per heavy atom. The first-order valence-corrected chi connectivity index (χ1v) is 17.1. The maximum absolute atomic E-state index is 9.72. The molecule has 0 spiro atoms. The van der Waals surface area contributed by atoms with Crippen molar-refractivity contribution in [2.24, 2.45) is 0 Å². The summed E-state index contributed by atoms with van der Waals surface area (Å²) in [6.45, 7) is 0. The zero-order chi connectivity index (χ0) is 36.1. The molecule has 1 heterocycles. The molecule has 8 aromatic carbocycles. The lowest BCUT2D eigenvalue weighted by Crippen LogP contribution is -1.97. The normalized spacial score (nSPS) is 10.9. The summed E-state index contributed by atoms with van der Waals surface area (Å²) in [6.07, 6.45) is 0. The molecule has 0 radical (unpaired) electrons. The minimum absolute atomic E-state index is 0.423. The van der Waals surface area contributed by atoms with Crippen LogP contribution in [0.2, 0.25) is 0 Å². The lowest BCUT2D eigenvalue weighted by atomic mass is 9.94. The molecule has 0 aliphatic rings. The van der Waals surface area contributed by atoms with Gasteiger partial charge in [0.2, 0.25) is 0 Å². The molecule has 5 heteroatoms. The van der Waals surface area contributed by atoms with Crippen LogP contribution in [0.3, 0.4) is 0 Å². The maximum Gasteiger partial charge on any atom is 0.0992 e. The number of benzene rings is 8. The van der Waals surface area contributed by atoms with E-state index in [4.69, 9.17) is 0 Å². The van der Waals surface area contributed by atoms with Gasteiger partial charge in [-0.25, -0.2) is 0 Å². The summed E-state index contributed by atoms with van der Waals surface area (Å²) in [5.74, 6) is 0. The predicted molar refractivity (Wildman–Crippen MR) is 211 cm³/mol. The third-order valence-electron chi connectivity index (χ3n) is 10.00. The number of fused-ring (bicyclic) bond motifs is 5. The number of nitriles is 4. The minimum atomic E-state index is 0.423. The summed E-state index contributed by atoms with van der Waals surface area (Å²) in [5, 5.41) is 45.6. The third kappa shape index (κ3) is 5.23. The standard InChI is InChI=1S/C48H25N5/c49-26-30-16-31(27-50)19-39(18-30)36-12-14-47-44(24-36)45-25-37(40-20-32(28-51)17-33(21-40)29-52)13-15-48(45)53(47)46-11-4-3-9-42(46)41-10-5-8-38-22-34-6-1-2-7-35(34)23-43(38)41/h1-25H. The van der Waals surface area contributed by atoms with E-state index in [2.05, 4.69) is 132 Å². The maximum atomic E-state index is 9.72. The van der Waals surface area contributed by atoms with Crippen LogP contribution >= 0.6 is 0 Å². The van der Waals surface area contributed by atoms with Crippen molar-refractivity contribution in [1.29, 1.82) is 21.0 Å². The van der Waals surface area contributed by atoms with E-state index in [-0.39, 0.29) is 0 Å². The third-order valence-corrected chi connectivity index (χ3v) is 10.00. The topological polar surface area (TPSA) is 100 Å². The Labute approximate surface area is 305 Å². The van der Waals surface area contributed by atoms with E-state index >= 15 is 0 Å². The molecule has 0 saturated heterocycles. The predicted octanol–water partition coefficient (Wildman–Crippen LogP) is 11.6. The Hall–Kier alpha value is -7.96. The molecule has 1 aromatic heterocycles. The average Bonchev–Trinajstić information content (AvgIpc) is 3.55. The van der Waals surface area contributed by atoms with Gasteiger partial charge in [0.05, 0.1) is 63.3 Å². The number of nitrogens with zero attached hydrogens (tertiary/aromatic N) is 5. The summed E-state index contributed by atoms with van der Waals surface area (Å²) in [5.41, 5.74) is 10.2. The van der Waals surface area contributed by atoms with Crippen LogP contribution in [0.4, 0.5) is 0 Å². The van der Waals surface area contributed by atoms with Gasteiger partial charge in [0, 0.05) is 16.3 Å². The second-order valence-corrected chi connectivity index (χ2v) is 13.1. The molecular weight excluding hydrogens is 647 g/mol. The van der Waals surface area contributed by atoms with Gasteiger partial charge in [-0.3, -0.25) is 0 Å². The first kappa shape index (κ1) is 31.1. The fourth-order valence-electron chi connectivity index (χ4n) is 7.59. The van der Waals surface area contributed by atoms with Crippen LogP contribution < -0.4 is 0 Å². The van der Waals surface area contributed by atoms with Crippen LogP contribution in [0, 0.1) is 45.3 Å². The van der Waals surface area contributed by atoms with Crippen LogP contribution in [0.1, 0.15) is 22.3 Å².